The van der Waals surface area contributed by atoms with Gasteiger partial charge in [-0.1, -0.05) is 75.0 Å². The summed E-state index contributed by atoms with van der Waals surface area (Å²) in [5, 5.41) is 1.72. The molecule has 182 valence electrons. The summed E-state index contributed by atoms with van der Waals surface area (Å²) in [7, 11) is 0. The minimum absolute atomic E-state index is 0.240. The maximum atomic E-state index is 6.28. The first-order valence-electron chi connectivity index (χ1n) is 13.0. The Balaban J connectivity index is 1.37. The van der Waals surface area contributed by atoms with Crippen molar-refractivity contribution in [1.82, 2.24) is 0 Å². The Kier molecular flexibility index (Phi) is 6.72. The van der Waals surface area contributed by atoms with Crippen LogP contribution in [0.1, 0.15) is 63.8 Å². The van der Waals surface area contributed by atoms with Crippen LogP contribution in [0.15, 0.2) is 81.2 Å². The van der Waals surface area contributed by atoms with Gasteiger partial charge in [-0.3, -0.25) is 0 Å². The lowest BCUT2D eigenvalue weighted by Gasteiger charge is -2.30. The van der Waals surface area contributed by atoms with Crippen LogP contribution in [0.3, 0.4) is 0 Å². The van der Waals surface area contributed by atoms with Crippen LogP contribution in [0.4, 0.5) is 5.69 Å². The normalized spacial score (nSPS) is 20.7. The van der Waals surface area contributed by atoms with Gasteiger partial charge in [-0.05, 0) is 85.9 Å². The van der Waals surface area contributed by atoms with E-state index in [4.69, 9.17) is 4.42 Å². The maximum Gasteiger partial charge on any atom is 0.135 e. The first kappa shape index (κ1) is 24.1. The molecule has 2 nitrogen and oxygen atoms in total. The van der Waals surface area contributed by atoms with Crippen molar-refractivity contribution < 1.29 is 4.42 Å². The Labute approximate surface area is 214 Å². The average molecular weight is 484 g/mol. The smallest absolute Gasteiger partial charge is 0.135 e. The minimum Gasteiger partial charge on any atom is -0.456 e. The van der Waals surface area contributed by atoms with E-state index >= 15 is 0 Å². The Hall–Kier alpha value is -2.65. The lowest BCUT2D eigenvalue weighted by Crippen LogP contribution is -2.28. The number of hydrogen-bond acceptors (Lipinski definition) is 3. The monoisotopic (exact) mass is 483 g/mol. The molecule has 0 N–H and O–H groups in total. The van der Waals surface area contributed by atoms with Crippen molar-refractivity contribution in [2.45, 2.75) is 70.6 Å². The van der Waals surface area contributed by atoms with Crippen LogP contribution in [0, 0.1) is 12.3 Å². The maximum absolute atomic E-state index is 6.28. The fraction of sp³-hybridized carbons (Fsp3) is 0.375. The van der Waals surface area contributed by atoms with Crippen LogP contribution < -0.4 is 4.90 Å². The second-order valence-corrected chi connectivity index (χ2v) is 11.9. The van der Waals surface area contributed by atoms with E-state index in [1.807, 2.05) is 11.8 Å². The molecule has 2 heterocycles. The largest absolute Gasteiger partial charge is 0.456 e. The van der Waals surface area contributed by atoms with Gasteiger partial charge >= 0.3 is 0 Å². The number of furan rings is 1. The van der Waals surface area contributed by atoms with Crippen LogP contribution in [-0.2, 0) is 6.42 Å². The Morgan fingerprint density at radius 2 is 1.94 bits per heavy atom. The summed E-state index contributed by atoms with van der Waals surface area (Å²) in [5.74, 6) is 1.02. The number of hydrogen-bond donors (Lipinski definition) is 0. The van der Waals surface area contributed by atoms with E-state index in [1.165, 1.54) is 38.2 Å². The van der Waals surface area contributed by atoms with Gasteiger partial charge in [0.1, 0.15) is 11.3 Å². The Bertz CT molecular complexity index is 1320. The van der Waals surface area contributed by atoms with Gasteiger partial charge < -0.3 is 9.32 Å². The molecule has 0 saturated carbocycles. The lowest BCUT2D eigenvalue weighted by molar-refractivity contribution is 0.355. The molecule has 3 heteroatoms. The van der Waals surface area contributed by atoms with Gasteiger partial charge in [0, 0.05) is 22.4 Å². The van der Waals surface area contributed by atoms with E-state index in [0.717, 1.165) is 43.6 Å². The van der Waals surface area contributed by atoms with E-state index < -0.39 is 0 Å². The highest BCUT2D eigenvalue weighted by Crippen LogP contribution is 2.45. The molecule has 0 bridgehead atoms. The molecule has 2 aromatic carbocycles. The molecular formula is C32H37NOS. The average Bonchev–Trinajstić information content (AvgIpc) is 3.34. The van der Waals surface area contributed by atoms with Gasteiger partial charge in [-0.15, -0.1) is 0 Å². The predicted octanol–water partition coefficient (Wildman–Crippen LogP) is 9.34. The number of para-hydroxylation sites is 1. The number of anilines is 1. The number of benzene rings is 2. The first-order chi connectivity index (χ1) is 16.9. The van der Waals surface area contributed by atoms with Gasteiger partial charge in [0.05, 0.1) is 11.1 Å². The van der Waals surface area contributed by atoms with Crippen LogP contribution in [0.25, 0.3) is 17.0 Å². The summed E-state index contributed by atoms with van der Waals surface area (Å²) in [6.07, 6.45) is 13.7. The van der Waals surface area contributed by atoms with Crippen molar-refractivity contribution >= 4 is 34.5 Å². The fourth-order valence-corrected chi connectivity index (χ4v) is 7.01. The third-order valence-electron chi connectivity index (χ3n) is 7.18. The van der Waals surface area contributed by atoms with Gasteiger partial charge in [-0.25, -0.2) is 0 Å². The van der Waals surface area contributed by atoms with E-state index in [1.54, 1.807) is 0 Å². The van der Waals surface area contributed by atoms with Crippen LogP contribution >= 0.6 is 11.8 Å². The number of thioether (sulfide) groups is 1. The molecule has 1 aromatic heterocycles. The zero-order chi connectivity index (χ0) is 24.6. The van der Waals surface area contributed by atoms with E-state index in [0.29, 0.717) is 5.37 Å². The van der Waals surface area contributed by atoms with E-state index in [-0.39, 0.29) is 5.41 Å². The molecule has 0 fully saturated rings. The van der Waals surface area contributed by atoms with Gasteiger partial charge in [0.2, 0.25) is 0 Å². The highest BCUT2D eigenvalue weighted by molar-refractivity contribution is 8.00. The number of fused-ring (bicyclic) bond motifs is 2. The third kappa shape index (κ3) is 5.02. The van der Waals surface area contributed by atoms with Crippen LogP contribution in [-0.4, -0.2) is 11.9 Å². The molecule has 0 saturated heterocycles. The molecule has 0 radical (unpaired) electrons. The third-order valence-corrected chi connectivity index (χ3v) is 8.50. The fourth-order valence-electron chi connectivity index (χ4n) is 5.68. The molecule has 35 heavy (non-hydrogen) atoms. The van der Waals surface area contributed by atoms with Gasteiger partial charge in [0.25, 0.3) is 0 Å². The summed E-state index contributed by atoms with van der Waals surface area (Å²) in [6, 6.07) is 15.3. The number of aryl methyl sites for hydroxylation is 2. The quantitative estimate of drug-likeness (QED) is 0.347. The second kappa shape index (κ2) is 9.78. The summed E-state index contributed by atoms with van der Waals surface area (Å²) in [6.45, 7) is 12.5. The number of allylic oxidation sites excluding steroid dienone is 4. The molecule has 5 rings (SSSR count). The highest BCUT2D eigenvalue weighted by atomic mass is 32.2. The van der Waals surface area contributed by atoms with Crippen molar-refractivity contribution in [3.63, 3.8) is 0 Å². The van der Waals surface area contributed by atoms with Crippen molar-refractivity contribution in [3.05, 3.63) is 88.7 Å². The van der Waals surface area contributed by atoms with Crippen molar-refractivity contribution in [1.29, 1.82) is 0 Å². The minimum atomic E-state index is 0.240. The number of nitrogens with zero attached hydrogens (tertiary/aromatic N) is 1. The highest BCUT2D eigenvalue weighted by Gasteiger charge is 2.28. The summed E-state index contributed by atoms with van der Waals surface area (Å²) >= 11 is 2.00. The van der Waals surface area contributed by atoms with E-state index in [2.05, 4.69) is 106 Å². The number of rotatable bonds is 6. The standard InChI is InChI=1S/C32H37NOS/c1-6-25-26-12-8-9-13-28(26)34-29(25)19-24-18-23(20-32(4,5)21-24)11-10-14-31-33(7-2)27-17-22(3)15-16-30(27)35-31/h8-13,15-19,31H,6-7,14,20-21H2,1-5H3/b11-10+,24-19?. The molecule has 3 aromatic rings. The van der Waals surface area contributed by atoms with Crippen molar-refractivity contribution in [3.8, 4) is 0 Å². The first-order valence-corrected chi connectivity index (χ1v) is 13.9. The zero-order valence-corrected chi connectivity index (χ0v) is 22.5. The molecule has 1 unspecified atom stereocenters. The predicted molar refractivity (Wildman–Crippen MR) is 152 cm³/mol. The SMILES string of the molecule is CCc1c(C=C2C=C(/C=C/CC3Sc4ccc(C)cc4N3CC)CC(C)(C)C2)oc2ccccc12. The molecule has 0 spiro atoms. The summed E-state index contributed by atoms with van der Waals surface area (Å²) in [5.41, 5.74) is 8.06. The Morgan fingerprint density at radius 3 is 2.74 bits per heavy atom. The van der Waals surface area contributed by atoms with Gasteiger partial charge in [-0.2, -0.15) is 0 Å². The van der Waals surface area contributed by atoms with Crippen LogP contribution in [0.2, 0.25) is 0 Å². The van der Waals surface area contributed by atoms with E-state index in [9.17, 15) is 0 Å². The topological polar surface area (TPSA) is 16.4 Å². The lowest BCUT2D eigenvalue weighted by atomic mass is 9.75. The van der Waals surface area contributed by atoms with Crippen molar-refractivity contribution in [2.24, 2.45) is 5.41 Å². The summed E-state index contributed by atoms with van der Waals surface area (Å²) in [4.78, 5) is 3.96. The second-order valence-electron chi connectivity index (χ2n) is 10.7. The van der Waals surface area contributed by atoms with Crippen molar-refractivity contribution in [2.75, 3.05) is 11.4 Å². The molecule has 2 aliphatic rings. The zero-order valence-electron chi connectivity index (χ0n) is 21.7. The Morgan fingerprint density at radius 1 is 1.11 bits per heavy atom. The molecule has 1 aliphatic carbocycles. The molecular weight excluding hydrogens is 446 g/mol. The van der Waals surface area contributed by atoms with Gasteiger partial charge in [0.15, 0.2) is 0 Å². The molecule has 1 aliphatic heterocycles. The summed E-state index contributed by atoms with van der Waals surface area (Å²) < 4.78 is 6.28. The molecule has 1 atom stereocenters. The molecule has 0 amide bonds. The van der Waals surface area contributed by atoms with Crippen LogP contribution in [0.5, 0.6) is 0 Å².